The minimum atomic E-state index is -0.517. The maximum absolute atomic E-state index is 2.62. The van der Waals surface area contributed by atoms with Gasteiger partial charge in [-0.05, 0) is 140 Å². The molecule has 2 bridgehead atoms. The van der Waals surface area contributed by atoms with Gasteiger partial charge in [0.2, 0.25) is 0 Å². The summed E-state index contributed by atoms with van der Waals surface area (Å²) in [5.41, 5.74) is 21.6. The van der Waals surface area contributed by atoms with Crippen molar-refractivity contribution in [3.63, 3.8) is 0 Å². The number of hydrogen-bond acceptors (Lipinski definition) is 1. The first kappa shape index (κ1) is 36.4. The summed E-state index contributed by atoms with van der Waals surface area (Å²) in [5.74, 6) is 1.34. The third-order valence-electron chi connectivity index (χ3n) is 15.5. The van der Waals surface area contributed by atoms with E-state index in [9.17, 15) is 0 Å². The highest BCUT2D eigenvalue weighted by Crippen LogP contribution is 2.68. The number of anilines is 3. The molecule has 0 unspecified atom stereocenters. The summed E-state index contributed by atoms with van der Waals surface area (Å²) in [4.78, 5) is 2.60. The van der Waals surface area contributed by atoms with Crippen LogP contribution in [0, 0.1) is 11.8 Å². The van der Waals surface area contributed by atoms with E-state index in [1.165, 1.54) is 109 Å². The molecule has 0 atom stereocenters. The van der Waals surface area contributed by atoms with Crippen molar-refractivity contribution in [2.45, 2.75) is 36.5 Å². The Hall–Kier alpha value is -7.22. The van der Waals surface area contributed by atoms with Crippen molar-refractivity contribution in [2.24, 2.45) is 11.8 Å². The maximum atomic E-state index is 2.62. The van der Waals surface area contributed by atoms with E-state index in [1.807, 2.05) is 0 Å². The van der Waals surface area contributed by atoms with Gasteiger partial charge in [-0.3, -0.25) is 0 Å². The zero-order valence-corrected chi connectivity index (χ0v) is 35.3. The average molecular weight is 806 g/mol. The largest absolute Gasteiger partial charge is 0.310 e. The second-order valence-corrected chi connectivity index (χ2v) is 18.2. The molecule has 0 saturated heterocycles. The minimum absolute atomic E-state index is 0.0666. The molecule has 13 rings (SSSR count). The molecule has 2 fully saturated rings. The van der Waals surface area contributed by atoms with E-state index in [0.29, 0.717) is 11.8 Å². The van der Waals surface area contributed by atoms with Crippen LogP contribution in [0.4, 0.5) is 17.1 Å². The molecule has 300 valence electrons. The summed E-state index contributed by atoms with van der Waals surface area (Å²) >= 11 is 0. The molecule has 2 saturated carbocycles. The number of hydrogen-bond donors (Lipinski definition) is 0. The van der Waals surface area contributed by atoms with E-state index in [-0.39, 0.29) is 5.41 Å². The van der Waals surface area contributed by atoms with Gasteiger partial charge in [0.15, 0.2) is 0 Å². The Bertz CT molecular complexity index is 3130. The predicted octanol–water partition coefficient (Wildman–Crippen LogP) is 15.9. The van der Waals surface area contributed by atoms with Crippen LogP contribution in [0.5, 0.6) is 0 Å². The monoisotopic (exact) mass is 805 g/mol. The Kier molecular flexibility index (Phi) is 8.19. The molecule has 1 spiro atoms. The van der Waals surface area contributed by atoms with Crippen LogP contribution in [0.25, 0.3) is 44.5 Å². The topological polar surface area (TPSA) is 3.24 Å². The summed E-state index contributed by atoms with van der Waals surface area (Å²) in [5, 5.41) is 0. The predicted molar refractivity (Wildman–Crippen MR) is 261 cm³/mol. The molecule has 0 amide bonds. The first-order valence-electron chi connectivity index (χ1n) is 22.9. The molecular formula is C62H47N. The third kappa shape index (κ3) is 5.17. The molecule has 0 heterocycles. The Morgan fingerprint density at radius 2 is 0.762 bits per heavy atom. The molecule has 4 aliphatic carbocycles. The Balaban J connectivity index is 1.11. The van der Waals surface area contributed by atoms with E-state index < -0.39 is 5.41 Å². The van der Waals surface area contributed by atoms with Crippen molar-refractivity contribution in [3.8, 4) is 44.5 Å². The first-order chi connectivity index (χ1) is 31.2. The van der Waals surface area contributed by atoms with Gasteiger partial charge in [-0.25, -0.2) is 0 Å². The highest BCUT2D eigenvalue weighted by atomic mass is 15.1. The quantitative estimate of drug-likeness (QED) is 0.155. The van der Waals surface area contributed by atoms with Crippen LogP contribution in [0.2, 0.25) is 0 Å². The van der Waals surface area contributed by atoms with Gasteiger partial charge >= 0.3 is 0 Å². The first-order valence-corrected chi connectivity index (χ1v) is 22.9. The van der Waals surface area contributed by atoms with Crippen LogP contribution in [0.15, 0.2) is 224 Å². The molecule has 63 heavy (non-hydrogen) atoms. The molecule has 4 aliphatic rings. The van der Waals surface area contributed by atoms with E-state index >= 15 is 0 Å². The zero-order chi connectivity index (χ0) is 41.5. The summed E-state index contributed by atoms with van der Waals surface area (Å²) in [6, 6.07) is 84.7. The lowest BCUT2D eigenvalue weighted by Gasteiger charge is -2.36. The molecule has 9 aromatic rings. The summed E-state index contributed by atoms with van der Waals surface area (Å²) in [6.45, 7) is 0. The van der Waals surface area contributed by atoms with Crippen molar-refractivity contribution >= 4 is 17.1 Å². The van der Waals surface area contributed by atoms with E-state index in [2.05, 4.69) is 229 Å². The van der Waals surface area contributed by atoms with Crippen molar-refractivity contribution in [2.75, 3.05) is 4.90 Å². The summed E-state index contributed by atoms with van der Waals surface area (Å²) < 4.78 is 0. The fraction of sp³-hybridized carbons (Fsp3) is 0.129. The van der Waals surface area contributed by atoms with Gasteiger partial charge in [0, 0.05) is 22.4 Å². The van der Waals surface area contributed by atoms with Gasteiger partial charge in [-0.2, -0.15) is 0 Å². The van der Waals surface area contributed by atoms with Gasteiger partial charge < -0.3 is 4.90 Å². The van der Waals surface area contributed by atoms with Crippen molar-refractivity contribution < 1.29 is 0 Å². The third-order valence-corrected chi connectivity index (χ3v) is 15.5. The molecule has 0 aromatic heterocycles. The molecular weight excluding hydrogens is 759 g/mol. The SMILES string of the molecule is c1ccc(-c2ccc(-c3ccccc3)c(N(c3ccc4c(c3)C(c3ccccc3)(c3ccccc3)c3ccccc3-4)c3ccc4c(c3)C3(c5ccccc5-4)C4CCC3CC4)c2)cc1. The Labute approximate surface area is 371 Å². The smallest absolute Gasteiger partial charge is 0.0714 e. The number of fused-ring (bicyclic) bond motifs is 6. The van der Waals surface area contributed by atoms with Crippen molar-refractivity contribution in [3.05, 3.63) is 258 Å². The fourth-order valence-corrected chi connectivity index (χ4v) is 13.1. The van der Waals surface area contributed by atoms with E-state index in [4.69, 9.17) is 0 Å². The molecule has 0 N–H and O–H groups in total. The minimum Gasteiger partial charge on any atom is -0.310 e. The summed E-state index contributed by atoms with van der Waals surface area (Å²) in [7, 11) is 0. The highest BCUT2D eigenvalue weighted by molar-refractivity contribution is 5.95. The van der Waals surface area contributed by atoms with Crippen LogP contribution in [0.1, 0.15) is 59.1 Å². The molecule has 9 aromatic carbocycles. The Morgan fingerprint density at radius 3 is 1.37 bits per heavy atom. The highest BCUT2D eigenvalue weighted by Gasteiger charge is 2.60. The lowest BCUT2D eigenvalue weighted by Crippen LogP contribution is -2.31. The van der Waals surface area contributed by atoms with Gasteiger partial charge in [-0.15, -0.1) is 0 Å². The van der Waals surface area contributed by atoms with E-state index in [0.717, 1.165) is 5.69 Å². The molecule has 0 aliphatic heterocycles. The molecule has 0 radical (unpaired) electrons. The second-order valence-electron chi connectivity index (χ2n) is 18.2. The number of nitrogens with zero attached hydrogens (tertiary/aromatic N) is 1. The van der Waals surface area contributed by atoms with Crippen LogP contribution in [0.3, 0.4) is 0 Å². The van der Waals surface area contributed by atoms with Gasteiger partial charge in [-0.1, -0.05) is 194 Å². The number of benzene rings is 9. The Morgan fingerprint density at radius 1 is 0.317 bits per heavy atom. The lowest BCUT2D eigenvalue weighted by molar-refractivity contribution is 0.400. The van der Waals surface area contributed by atoms with Crippen molar-refractivity contribution in [1.29, 1.82) is 0 Å². The fourth-order valence-electron chi connectivity index (χ4n) is 13.1. The summed E-state index contributed by atoms with van der Waals surface area (Å²) in [6.07, 6.45) is 5.26. The van der Waals surface area contributed by atoms with E-state index in [1.54, 1.807) is 5.56 Å². The van der Waals surface area contributed by atoms with Gasteiger partial charge in [0.1, 0.15) is 0 Å². The number of rotatable bonds is 7. The second kappa shape index (κ2) is 14.2. The lowest BCUT2D eigenvalue weighted by atomic mass is 9.67. The molecule has 1 nitrogen and oxygen atoms in total. The van der Waals surface area contributed by atoms with Crippen LogP contribution in [-0.2, 0) is 10.8 Å². The average Bonchev–Trinajstić information content (AvgIpc) is 4.09. The van der Waals surface area contributed by atoms with Crippen LogP contribution >= 0.6 is 0 Å². The van der Waals surface area contributed by atoms with Gasteiger partial charge in [0.25, 0.3) is 0 Å². The van der Waals surface area contributed by atoms with Gasteiger partial charge in [0.05, 0.1) is 11.1 Å². The standard InChI is InChI=1S/C62H47N/c1-5-17-42(18-6-1)44-29-36-51(43-19-7-2-8-20-43)60(39-44)63(50-35-38-55-53-26-14-16-28-57(53)62(59(55)41-50)47-30-31-48(62)33-32-47)49-34-37-54-52-25-13-15-27-56(52)61(58(54)40-49,45-21-9-3-10-22-45)46-23-11-4-12-24-46/h1-29,34-41,47-48H,30-33H2. The van der Waals surface area contributed by atoms with Crippen LogP contribution < -0.4 is 4.90 Å². The molecule has 1 heteroatoms. The van der Waals surface area contributed by atoms with Crippen LogP contribution in [-0.4, -0.2) is 0 Å². The maximum Gasteiger partial charge on any atom is 0.0714 e. The normalized spacial score (nSPS) is 19.4. The zero-order valence-electron chi connectivity index (χ0n) is 35.3. The van der Waals surface area contributed by atoms with Crippen molar-refractivity contribution in [1.82, 2.24) is 0 Å².